The Hall–Kier alpha value is -1.52. The van der Waals surface area contributed by atoms with Gasteiger partial charge < -0.3 is 14.8 Å². The molecule has 1 aliphatic heterocycles. The van der Waals surface area contributed by atoms with Gasteiger partial charge in [-0.2, -0.15) is 0 Å². The topological polar surface area (TPSA) is 64.6 Å². The van der Waals surface area contributed by atoms with E-state index in [0.29, 0.717) is 12.8 Å². The van der Waals surface area contributed by atoms with Crippen LogP contribution in [-0.2, 0) is 19.1 Å². The van der Waals surface area contributed by atoms with Crippen LogP contribution in [0.3, 0.4) is 0 Å². The van der Waals surface area contributed by atoms with E-state index in [-0.39, 0.29) is 29.7 Å². The van der Waals surface area contributed by atoms with E-state index in [1.54, 1.807) is 0 Å². The fraction of sp³-hybridized carbons (Fsp3) is 0.667. The molecule has 1 aliphatic carbocycles. The van der Waals surface area contributed by atoms with E-state index < -0.39 is 0 Å². The number of hydrogen-bond acceptors (Lipinski definition) is 5. The quantitative estimate of drug-likeness (QED) is 0.725. The zero-order chi connectivity index (χ0) is 12.5. The number of ether oxygens (including phenoxy) is 2. The van der Waals surface area contributed by atoms with E-state index >= 15 is 0 Å². The Morgan fingerprint density at radius 1 is 1.18 bits per heavy atom. The van der Waals surface area contributed by atoms with Crippen LogP contribution in [0.15, 0.2) is 12.3 Å². The fourth-order valence-corrected chi connectivity index (χ4v) is 2.64. The monoisotopic (exact) mass is 239 g/mol. The lowest BCUT2D eigenvalue weighted by Crippen LogP contribution is -2.36. The van der Waals surface area contributed by atoms with Gasteiger partial charge in [-0.15, -0.1) is 0 Å². The predicted molar refractivity (Wildman–Crippen MR) is 60.0 cm³/mol. The molecular weight excluding hydrogens is 222 g/mol. The van der Waals surface area contributed by atoms with Crippen molar-refractivity contribution in [2.24, 2.45) is 0 Å². The van der Waals surface area contributed by atoms with Gasteiger partial charge in [0.15, 0.2) is 0 Å². The molecule has 1 N–H and O–H groups in total. The van der Waals surface area contributed by atoms with Crippen molar-refractivity contribution in [2.45, 2.75) is 50.9 Å². The van der Waals surface area contributed by atoms with Gasteiger partial charge in [0.1, 0.15) is 12.2 Å². The average molecular weight is 239 g/mol. The molecule has 2 rings (SSSR count). The standard InChI is InChI=1S/C12H17NO4/c1-8(14)16-10-6-12(4-3-5-13-12)7-11(10)17-9(2)15/h3,5,10-11,13H,4,6-7H2,1-2H3. The third-order valence-corrected chi connectivity index (χ3v) is 3.25. The van der Waals surface area contributed by atoms with Crippen molar-refractivity contribution in [1.29, 1.82) is 0 Å². The Labute approximate surface area is 100 Å². The molecule has 17 heavy (non-hydrogen) atoms. The first-order valence-electron chi connectivity index (χ1n) is 5.78. The molecular formula is C12H17NO4. The van der Waals surface area contributed by atoms with Gasteiger partial charge in [-0.05, 0) is 12.6 Å². The SMILES string of the molecule is CC(=O)OC1CC2(CC=CN2)CC1OC(C)=O. The molecule has 1 heterocycles. The molecule has 0 aromatic heterocycles. The molecule has 5 heteroatoms. The van der Waals surface area contributed by atoms with Gasteiger partial charge in [-0.1, -0.05) is 6.08 Å². The lowest BCUT2D eigenvalue weighted by Gasteiger charge is -2.23. The number of carbonyl (C=O) groups excluding carboxylic acids is 2. The van der Waals surface area contributed by atoms with Crippen molar-refractivity contribution in [2.75, 3.05) is 0 Å². The first-order chi connectivity index (χ1) is 8.01. The second kappa shape index (κ2) is 4.39. The van der Waals surface area contributed by atoms with Gasteiger partial charge in [0.2, 0.25) is 0 Å². The van der Waals surface area contributed by atoms with Crippen LogP contribution < -0.4 is 5.32 Å². The molecule has 2 aliphatic rings. The zero-order valence-electron chi connectivity index (χ0n) is 10.1. The van der Waals surface area contributed by atoms with Crippen LogP contribution in [0, 0.1) is 0 Å². The highest BCUT2D eigenvalue weighted by molar-refractivity contribution is 5.67. The van der Waals surface area contributed by atoms with Crippen molar-refractivity contribution in [3.05, 3.63) is 12.3 Å². The Kier molecular flexibility index (Phi) is 3.09. The number of esters is 2. The van der Waals surface area contributed by atoms with Crippen LogP contribution >= 0.6 is 0 Å². The smallest absolute Gasteiger partial charge is 0.303 e. The minimum absolute atomic E-state index is 0.111. The maximum Gasteiger partial charge on any atom is 0.303 e. The molecule has 94 valence electrons. The van der Waals surface area contributed by atoms with E-state index in [9.17, 15) is 9.59 Å². The minimum Gasteiger partial charge on any atom is -0.459 e. The highest BCUT2D eigenvalue weighted by atomic mass is 16.6. The second-order valence-corrected chi connectivity index (χ2v) is 4.74. The Balaban J connectivity index is 2.06. The lowest BCUT2D eigenvalue weighted by molar-refractivity contribution is -0.162. The van der Waals surface area contributed by atoms with E-state index in [1.165, 1.54) is 13.8 Å². The molecule has 1 fully saturated rings. The summed E-state index contributed by atoms with van der Waals surface area (Å²) in [5, 5.41) is 3.28. The Morgan fingerprint density at radius 2 is 1.71 bits per heavy atom. The van der Waals surface area contributed by atoms with Crippen LogP contribution in [0.25, 0.3) is 0 Å². The zero-order valence-corrected chi connectivity index (χ0v) is 10.1. The molecule has 0 radical (unpaired) electrons. The molecule has 0 aromatic carbocycles. The summed E-state index contributed by atoms with van der Waals surface area (Å²) in [5.41, 5.74) is -0.111. The summed E-state index contributed by atoms with van der Waals surface area (Å²) < 4.78 is 10.5. The molecule has 2 unspecified atom stereocenters. The molecule has 0 amide bonds. The molecule has 0 saturated heterocycles. The normalized spacial score (nSPS) is 34.7. The maximum atomic E-state index is 11.0. The van der Waals surface area contributed by atoms with Gasteiger partial charge in [-0.25, -0.2) is 0 Å². The van der Waals surface area contributed by atoms with Gasteiger partial charge in [0.05, 0.1) is 0 Å². The third-order valence-electron chi connectivity index (χ3n) is 3.25. The first kappa shape index (κ1) is 12.0. The highest BCUT2D eigenvalue weighted by Gasteiger charge is 2.48. The number of rotatable bonds is 2. The predicted octanol–water partition coefficient (Wildman–Crippen LogP) is 0.889. The lowest BCUT2D eigenvalue weighted by atomic mass is 9.96. The Morgan fingerprint density at radius 3 is 2.06 bits per heavy atom. The molecule has 1 spiro atoms. The van der Waals surface area contributed by atoms with Crippen molar-refractivity contribution in [3.8, 4) is 0 Å². The molecule has 0 aromatic rings. The molecule has 1 saturated carbocycles. The summed E-state index contributed by atoms with van der Waals surface area (Å²) in [5.74, 6) is -0.676. The number of carbonyl (C=O) groups is 2. The van der Waals surface area contributed by atoms with E-state index in [2.05, 4.69) is 5.32 Å². The van der Waals surface area contributed by atoms with Gasteiger partial charge in [0, 0.05) is 32.2 Å². The van der Waals surface area contributed by atoms with Gasteiger partial charge in [0.25, 0.3) is 0 Å². The third kappa shape index (κ3) is 2.60. The maximum absolute atomic E-state index is 11.0. The summed E-state index contributed by atoms with van der Waals surface area (Å²) in [6.07, 6.45) is 5.49. The van der Waals surface area contributed by atoms with Crippen molar-refractivity contribution < 1.29 is 19.1 Å². The van der Waals surface area contributed by atoms with E-state index in [0.717, 1.165) is 6.42 Å². The summed E-state index contributed by atoms with van der Waals surface area (Å²) in [6.45, 7) is 2.74. The van der Waals surface area contributed by atoms with Crippen LogP contribution in [-0.4, -0.2) is 29.7 Å². The summed E-state index contributed by atoms with van der Waals surface area (Å²) in [7, 11) is 0. The summed E-state index contributed by atoms with van der Waals surface area (Å²) >= 11 is 0. The molecule has 2 atom stereocenters. The number of nitrogens with one attached hydrogen (secondary N) is 1. The molecule has 5 nitrogen and oxygen atoms in total. The van der Waals surface area contributed by atoms with Gasteiger partial charge >= 0.3 is 11.9 Å². The first-order valence-corrected chi connectivity index (χ1v) is 5.78. The van der Waals surface area contributed by atoms with Crippen LogP contribution in [0.5, 0.6) is 0 Å². The van der Waals surface area contributed by atoms with Crippen LogP contribution in [0.2, 0.25) is 0 Å². The summed E-state index contributed by atoms with van der Waals surface area (Å²) in [6, 6.07) is 0. The van der Waals surface area contributed by atoms with Gasteiger partial charge in [-0.3, -0.25) is 9.59 Å². The summed E-state index contributed by atoms with van der Waals surface area (Å²) in [4.78, 5) is 22.1. The van der Waals surface area contributed by atoms with E-state index in [1.807, 2.05) is 12.3 Å². The minimum atomic E-state index is -0.344. The second-order valence-electron chi connectivity index (χ2n) is 4.74. The number of hydrogen-bond donors (Lipinski definition) is 1. The molecule has 0 bridgehead atoms. The van der Waals surface area contributed by atoms with Crippen LogP contribution in [0.4, 0.5) is 0 Å². The largest absolute Gasteiger partial charge is 0.459 e. The van der Waals surface area contributed by atoms with Crippen molar-refractivity contribution in [1.82, 2.24) is 5.32 Å². The van der Waals surface area contributed by atoms with Crippen molar-refractivity contribution in [3.63, 3.8) is 0 Å². The van der Waals surface area contributed by atoms with E-state index in [4.69, 9.17) is 9.47 Å². The highest BCUT2D eigenvalue weighted by Crippen LogP contribution is 2.39. The Bertz CT molecular complexity index is 330. The van der Waals surface area contributed by atoms with Crippen molar-refractivity contribution >= 4 is 11.9 Å². The fourth-order valence-electron chi connectivity index (χ4n) is 2.64. The van der Waals surface area contributed by atoms with Crippen LogP contribution in [0.1, 0.15) is 33.1 Å². The average Bonchev–Trinajstić information content (AvgIpc) is 2.74.